The summed E-state index contributed by atoms with van der Waals surface area (Å²) >= 11 is 0. The molecule has 0 saturated heterocycles. The molecule has 2 fully saturated rings. The highest BCUT2D eigenvalue weighted by atomic mass is 16.5. The van der Waals surface area contributed by atoms with Gasteiger partial charge in [0, 0.05) is 19.3 Å². The van der Waals surface area contributed by atoms with Gasteiger partial charge in [-0.05, 0) is 58.3 Å². The lowest BCUT2D eigenvalue weighted by atomic mass is 9.94. The third-order valence-corrected chi connectivity index (χ3v) is 4.41. The molecule has 0 spiro atoms. The standard InChI is InChI=1S/C17H31NO3/c1-3-21-16(19)17(2,18-15-8-9-15)11-4-5-12-20-13-10-14-6-7-14/h14-15,18H,3-13H2,1-2H3. The van der Waals surface area contributed by atoms with Crippen LogP contribution in [-0.4, -0.2) is 37.4 Å². The lowest BCUT2D eigenvalue weighted by Gasteiger charge is -2.28. The van der Waals surface area contributed by atoms with Crippen LogP contribution in [0.4, 0.5) is 0 Å². The van der Waals surface area contributed by atoms with E-state index in [9.17, 15) is 4.79 Å². The molecular weight excluding hydrogens is 266 g/mol. The molecule has 4 heteroatoms. The summed E-state index contributed by atoms with van der Waals surface area (Å²) in [7, 11) is 0. The summed E-state index contributed by atoms with van der Waals surface area (Å²) in [4.78, 5) is 12.2. The molecule has 0 bridgehead atoms. The van der Waals surface area contributed by atoms with Gasteiger partial charge in [-0.2, -0.15) is 0 Å². The minimum absolute atomic E-state index is 0.105. The van der Waals surface area contributed by atoms with Crippen LogP contribution in [0.2, 0.25) is 0 Å². The van der Waals surface area contributed by atoms with Crippen molar-refractivity contribution in [2.24, 2.45) is 5.92 Å². The number of esters is 1. The Hall–Kier alpha value is -0.610. The van der Waals surface area contributed by atoms with Crippen LogP contribution in [0.3, 0.4) is 0 Å². The molecule has 2 aliphatic carbocycles. The first kappa shape index (κ1) is 16.8. The van der Waals surface area contributed by atoms with Crippen LogP contribution in [0.25, 0.3) is 0 Å². The lowest BCUT2D eigenvalue weighted by molar-refractivity contribution is -0.151. The smallest absolute Gasteiger partial charge is 0.326 e. The van der Waals surface area contributed by atoms with E-state index in [0.717, 1.165) is 38.4 Å². The van der Waals surface area contributed by atoms with Crippen molar-refractivity contribution in [3.05, 3.63) is 0 Å². The van der Waals surface area contributed by atoms with Gasteiger partial charge in [-0.3, -0.25) is 10.1 Å². The molecular formula is C17H31NO3. The van der Waals surface area contributed by atoms with Crippen molar-refractivity contribution in [2.45, 2.75) is 76.8 Å². The quantitative estimate of drug-likeness (QED) is 0.444. The van der Waals surface area contributed by atoms with Crippen LogP contribution in [0.15, 0.2) is 0 Å². The zero-order valence-corrected chi connectivity index (χ0v) is 13.7. The van der Waals surface area contributed by atoms with Crippen molar-refractivity contribution in [3.63, 3.8) is 0 Å². The molecule has 0 aromatic rings. The molecule has 0 aliphatic heterocycles. The van der Waals surface area contributed by atoms with Gasteiger partial charge < -0.3 is 9.47 Å². The second-order valence-corrected chi connectivity index (χ2v) is 6.77. The first-order valence-corrected chi connectivity index (χ1v) is 8.66. The fourth-order valence-corrected chi connectivity index (χ4v) is 2.64. The van der Waals surface area contributed by atoms with Crippen molar-refractivity contribution in [1.29, 1.82) is 0 Å². The van der Waals surface area contributed by atoms with E-state index in [2.05, 4.69) is 5.32 Å². The summed E-state index contributed by atoms with van der Waals surface area (Å²) in [5.74, 6) is 0.839. The van der Waals surface area contributed by atoms with Gasteiger partial charge >= 0.3 is 5.97 Å². The van der Waals surface area contributed by atoms with E-state index in [1.807, 2.05) is 13.8 Å². The summed E-state index contributed by atoms with van der Waals surface area (Å²) in [6, 6.07) is 0.509. The summed E-state index contributed by atoms with van der Waals surface area (Å²) in [6.45, 7) is 6.01. The average Bonchev–Trinajstić information content (AvgIpc) is 3.33. The van der Waals surface area contributed by atoms with Crippen LogP contribution < -0.4 is 5.32 Å². The second kappa shape index (κ2) is 8.14. The molecule has 0 aromatic carbocycles. The molecule has 0 aromatic heterocycles. The Labute approximate surface area is 129 Å². The minimum atomic E-state index is -0.523. The predicted molar refractivity (Wildman–Crippen MR) is 83.2 cm³/mol. The number of nitrogens with one attached hydrogen (secondary N) is 1. The molecule has 1 unspecified atom stereocenters. The van der Waals surface area contributed by atoms with Gasteiger partial charge in [0.25, 0.3) is 0 Å². The van der Waals surface area contributed by atoms with Crippen molar-refractivity contribution in [1.82, 2.24) is 5.32 Å². The number of hydrogen-bond donors (Lipinski definition) is 1. The van der Waals surface area contributed by atoms with E-state index in [4.69, 9.17) is 9.47 Å². The Morgan fingerprint density at radius 3 is 2.57 bits per heavy atom. The summed E-state index contributed by atoms with van der Waals surface area (Å²) in [5, 5.41) is 3.46. The first-order chi connectivity index (χ1) is 10.1. The maximum absolute atomic E-state index is 12.2. The van der Waals surface area contributed by atoms with Gasteiger partial charge in [-0.1, -0.05) is 12.8 Å². The molecule has 1 N–H and O–H groups in total. The Kier molecular flexibility index (Phi) is 6.49. The zero-order valence-electron chi connectivity index (χ0n) is 13.7. The van der Waals surface area contributed by atoms with Gasteiger partial charge in [0.15, 0.2) is 0 Å². The monoisotopic (exact) mass is 297 g/mol. The van der Waals surface area contributed by atoms with Crippen molar-refractivity contribution in [3.8, 4) is 0 Å². The van der Waals surface area contributed by atoms with E-state index in [-0.39, 0.29) is 5.97 Å². The van der Waals surface area contributed by atoms with Gasteiger partial charge in [0.2, 0.25) is 0 Å². The molecule has 2 rings (SSSR count). The summed E-state index contributed by atoms with van der Waals surface area (Å²) in [5.41, 5.74) is -0.523. The van der Waals surface area contributed by atoms with E-state index in [0.29, 0.717) is 12.6 Å². The van der Waals surface area contributed by atoms with Crippen LogP contribution in [0.1, 0.15) is 65.2 Å². The Morgan fingerprint density at radius 2 is 1.95 bits per heavy atom. The lowest BCUT2D eigenvalue weighted by Crippen LogP contribution is -2.51. The number of hydrogen-bond acceptors (Lipinski definition) is 4. The Morgan fingerprint density at radius 1 is 1.19 bits per heavy atom. The number of ether oxygens (including phenoxy) is 2. The summed E-state index contributed by atoms with van der Waals surface area (Å²) < 4.78 is 10.9. The molecule has 0 amide bonds. The first-order valence-electron chi connectivity index (χ1n) is 8.66. The minimum Gasteiger partial charge on any atom is -0.465 e. The van der Waals surface area contributed by atoms with Gasteiger partial charge in [0.1, 0.15) is 5.54 Å². The second-order valence-electron chi connectivity index (χ2n) is 6.77. The molecule has 0 heterocycles. The molecule has 122 valence electrons. The molecule has 2 saturated carbocycles. The molecule has 0 radical (unpaired) electrons. The van der Waals surface area contributed by atoms with Crippen LogP contribution in [-0.2, 0) is 14.3 Å². The Bertz CT molecular complexity index is 326. The maximum atomic E-state index is 12.2. The van der Waals surface area contributed by atoms with E-state index >= 15 is 0 Å². The van der Waals surface area contributed by atoms with Crippen molar-refractivity contribution >= 4 is 5.97 Å². The number of carbonyl (C=O) groups excluding carboxylic acids is 1. The highest BCUT2D eigenvalue weighted by Gasteiger charge is 2.39. The molecule has 1 atom stereocenters. The van der Waals surface area contributed by atoms with Crippen LogP contribution in [0.5, 0.6) is 0 Å². The fourth-order valence-electron chi connectivity index (χ4n) is 2.64. The average molecular weight is 297 g/mol. The normalized spacial score (nSPS) is 21.0. The Balaban J connectivity index is 1.59. The third-order valence-electron chi connectivity index (χ3n) is 4.41. The highest BCUT2D eigenvalue weighted by molar-refractivity contribution is 5.80. The number of carbonyl (C=O) groups is 1. The predicted octanol–water partition coefficient (Wildman–Crippen LogP) is 3.05. The SMILES string of the molecule is CCOC(=O)C(C)(CCCCOCCC1CC1)NC1CC1. The zero-order chi connectivity index (χ0) is 15.1. The molecule has 2 aliphatic rings. The largest absolute Gasteiger partial charge is 0.465 e. The number of unbranched alkanes of at least 4 members (excludes halogenated alkanes) is 1. The van der Waals surface area contributed by atoms with Crippen molar-refractivity contribution in [2.75, 3.05) is 19.8 Å². The molecule has 21 heavy (non-hydrogen) atoms. The number of rotatable bonds is 12. The van der Waals surface area contributed by atoms with E-state index in [1.54, 1.807) is 0 Å². The van der Waals surface area contributed by atoms with E-state index in [1.165, 1.54) is 32.1 Å². The van der Waals surface area contributed by atoms with Gasteiger partial charge in [-0.15, -0.1) is 0 Å². The molecule has 4 nitrogen and oxygen atoms in total. The maximum Gasteiger partial charge on any atom is 0.326 e. The van der Waals surface area contributed by atoms with Gasteiger partial charge in [-0.25, -0.2) is 0 Å². The third kappa shape index (κ3) is 6.35. The van der Waals surface area contributed by atoms with Crippen LogP contribution in [0, 0.1) is 5.92 Å². The fraction of sp³-hybridized carbons (Fsp3) is 0.941. The van der Waals surface area contributed by atoms with Gasteiger partial charge in [0.05, 0.1) is 6.61 Å². The highest BCUT2D eigenvalue weighted by Crippen LogP contribution is 2.32. The van der Waals surface area contributed by atoms with Crippen molar-refractivity contribution < 1.29 is 14.3 Å². The summed E-state index contributed by atoms with van der Waals surface area (Å²) in [6.07, 6.45) is 9.23. The van der Waals surface area contributed by atoms with Crippen LogP contribution >= 0.6 is 0 Å². The van der Waals surface area contributed by atoms with E-state index < -0.39 is 5.54 Å². The topological polar surface area (TPSA) is 47.6 Å².